The standard InChI is InChI=1S/C48H76N2O4/c1-5-6-7-8-9-10-11-12-13-14-15-16-17-18-19-20-21-22-23-24-44(53)49-33-34-50-45(54)28-25-37(2)40-26-27-41-46-42(30-32-48(40,41)4)47(3)31-29-39(51)35-38(47)36-43(46)52/h6-7,9-10,12-13,15-16,18-19,21-22,37-43,46,51-52H,5,8,11,14,17,20,23-36H2,1-4H3,(H,49,53)(H,50,54)/t37-,38+,39-,40?,41+,42+,43-,46+,47+,48-/m1/s1. The van der Waals surface area contributed by atoms with Crippen molar-refractivity contribution >= 4 is 11.8 Å². The fraction of sp³-hybridized carbons (Fsp3) is 0.708. The van der Waals surface area contributed by atoms with Crippen LogP contribution in [0.2, 0.25) is 0 Å². The lowest BCUT2D eigenvalue weighted by atomic mass is 9.43. The second-order valence-corrected chi connectivity index (χ2v) is 17.6. The Morgan fingerprint density at radius 3 is 1.78 bits per heavy atom. The fourth-order valence-electron chi connectivity index (χ4n) is 11.2. The minimum Gasteiger partial charge on any atom is -0.393 e. The molecule has 0 radical (unpaired) electrons. The molecule has 0 aromatic heterocycles. The fourth-order valence-corrected chi connectivity index (χ4v) is 11.2. The molecule has 4 saturated carbocycles. The molecule has 0 aromatic carbocycles. The molecule has 10 atom stereocenters. The minimum absolute atomic E-state index is 0.0184. The summed E-state index contributed by atoms with van der Waals surface area (Å²) in [5.74, 6) is 3.07. The smallest absolute Gasteiger partial charge is 0.220 e. The molecule has 2 amide bonds. The van der Waals surface area contributed by atoms with Gasteiger partial charge in [0.15, 0.2) is 0 Å². The van der Waals surface area contributed by atoms with Crippen molar-refractivity contribution in [2.24, 2.45) is 46.3 Å². The van der Waals surface area contributed by atoms with E-state index in [4.69, 9.17) is 0 Å². The molecule has 6 heteroatoms. The molecule has 4 aliphatic carbocycles. The molecule has 4 fully saturated rings. The van der Waals surface area contributed by atoms with E-state index >= 15 is 0 Å². The Balaban J connectivity index is 1.02. The summed E-state index contributed by atoms with van der Waals surface area (Å²) >= 11 is 0. The maximum atomic E-state index is 12.8. The summed E-state index contributed by atoms with van der Waals surface area (Å²) in [5, 5.41) is 27.9. The van der Waals surface area contributed by atoms with E-state index in [2.05, 4.69) is 111 Å². The number of aliphatic hydroxyl groups is 2. The lowest BCUT2D eigenvalue weighted by Crippen LogP contribution is -2.58. The van der Waals surface area contributed by atoms with E-state index in [0.717, 1.165) is 70.6 Å². The lowest BCUT2D eigenvalue weighted by Gasteiger charge is -2.62. The monoisotopic (exact) mass is 745 g/mol. The first-order valence-corrected chi connectivity index (χ1v) is 21.9. The van der Waals surface area contributed by atoms with Gasteiger partial charge in [-0.2, -0.15) is 0 Å². The number of hydrogen-bond acceptors (Lipinski definition) is 4. The summed E-state index contributed by atoms with van der Waals surface area (Å²) in [6.45, 7) is 10.4. The molecule has 0 bridgehead atoms. The molecular weight excluding hydrogens is 669 g/mol. The van der Waals surface area contributed by atoms with Gasteiger partial charge in [-0.05, 0) is 149 Å². The van der Waals surface area contributed by atoms with E-state index in [0.29, 0.717) is 67.9 Å². The molecule has 4 aliphatic rings. The highest BCUT2D eigenvalue weighted by Gasteiger charge is 2.62. The van der Waals surface area contributed by atoms with E-state index in [1.54, 1.807) is 0 Å². The molecule has 6 nitrogen and oxygen atoms in total. The zero-order valence-corrected chi connectivity index (χ0v) is 34.4. The molecule has 0 saturated heterocycles. The average molecular weight is 745 g/mol. The summed E-state index contributed by atoms with van der Waals surface area (Å²) in [7, 11) is 0. The van der Waals surface area contributed by atoms with Gasteiger partial charge in [-0.15, -0.1) is 0 Å². The zero-order chi connectivity index (χ0) is 38.8. The lowest BCUT2D eigenvalue weighted by molar-refractivity contribution is -0.174. The first-order chi connectivity index (χ1) is 26.1. The van der Waals surface area contributed by atoms with Gasteiger partial charge in [0, 0.05) is 25.9 Å². The SMILES string of the molecule is CCC=CCC=CCC=CCC=CCC=CCC=CCCC(=O)NCCNC(=O)CC[C@@H](C)C1CC[C@H]2[C@@H]3[C@H](O)C[C@@H]4C[C@H](O)CC[C@]4(C)[C@H]3CC[C@]12C. The van der Waals surface area contributed by atoms with Crippen LogP contribution in [0.15, 0.2) is 72.9 Å². The van der Waals surface area contributed by atoms with Crippen LogP contribution in [0.4, 0.5) is 0 Å². The second kappa shape index (κ2) is 22.8. The van der Waals surface area contributed by atoms with Crippen LogP contribution in [0, 0.1) is 46.3 Å². The van der Waals surface area contributed by atoms with Gasteiger partial charge < -0.3 is 20.8 Å². The number of nitrogens with one attached hydrogen (secondary N) is 2. The highest BCUT2D eigenvalue weighted by Crippen LogP contribution is 2.68. The van der Waals surface area contributed by atoms with Gasteiger partial charge in [0.25, 0.3) is 0 Å². The van der Waals surface area contributed by atoms with Crippen LogP contribution in [0.1, 0.15) is 143 Å². The highest BCUT2D eigenvalue weighted by molar-refractivity contribution is 5.77. The molecule has 0 heterocycles. The molecule has 0 spiro atoms. The maximum absolute atomic E-state index is 12.8. The topological polar surface area (TPSA) is 98.7 Å². The molecule has 302 valence electrons. The Morgan fingerprint density at radius 2 is 1.19 bits per heavy atom. The van der Waals surface area contributed by atoms with Crippen molar-refractivity contribution in [1.82, 2.24) is 10.6 Å². The van der Waals surface area contributed by atoms with Crippen molar-refractivity contribution in [2.75, 3.05) is 13.1 Å². The van der Waals surface area contributed by atoms with Crippen molar-refractivity contribution in [3.63, 3.8) is 0 Å². The van der Waals surface area contributed by atoms with Crippen molar-refractivity contribution in [1.29, 1.82) is 0 Å². The first kappa shape index (κ1) is 44.0. The third-order valence-electron chi connectivity index (χ3n) is 14.1. The summed E-state index contributed by atoms with van der Waals surface area (Å²) in [6.07, 6.45) is 42.7. The third-order valence-corrected chi connectivity index (χ3v) is 14.1. The largest absolute Gasteiger partial charge is 0.393 e. The van der Waals surface area contributed by atoms with Gasteiger partial charge in [0.2, 0.25) is 11.8 Å². The molecular formula is C48H76N2O4. The van der Waals surface area contributed by atoms with E-state index < -0.39 is 0 Å². The average Bonchev–Trinajstić information content (AvgIpc) is 3.51. The van der Waals surface area contributed by atoms with Crippen LogP contribution < -0.4 is 10.6 Å². The van der Waals surface area contributed by atoms with Crippen molar-refractivity contribution < 1.29 is 19.8 Å². The molecule has 0 aromatic rings. The Hall–Kier alpha value is -2.70. The van der Waals surface area contributed by atoms with Crippen molar-refractivity contribution in [3.05, 3.63) is 72.9 Å². The predicted molar refractivity (Wildman–Crippen MR) is 224 cm³/mol. The van der Waals surface area contributed by atoms with Gasteiger partial charge >= 0.3 is 0 Å². The van der Waals surface area contributed by atoms with Gasteiger partial charge in [-0.1, -0.05) is 101 Å². The number of aliphatic hydroxyl groups excluding tert-OH is 2. The summed E-state index contributed by atoms with van der Waals surface area (Å²) < 4.78 is 0. The van der Waals surface area contributed by atoms with Crippen LogP contribution in [0.3, 0.4) is 0 Å². The first-order valence-electron chi connectivity index (χ1n) is 21.9. The Labute approximate surface area is 329 Å². The van der Waals surface area contributed by atoms with Gasteiger partial charge in [0.05, 0.1) is 12.2 Å². The van der Waals surface area contributed by atoms with Crippen LogP contribution in [0.5, 0.6) is 0 Å². The number of amides is 2. The van der Waals surface area contributed by atoms with E-state index in [1.165, 1.54) is 25.7 Å². The Morgan fingerprint density at radius 1 is 0.667 bits per heavy atom. The van der Waals surface area contributed by atoms with Crippen molar-refractivity contribution in [3.8, 4) is 0 Å². The molecule has 0 aliphatic heterocycles. The Kier molecular flexibility index (Phi) is 18.5. The van der Waals surface area contributed by atoms with Gasteiger partial charge in [-0.25, -0.2) is 0 Å². The van der Waals surface area contributed by atoms with E-state index in [9.17, 15) is 19.8 Å². The second-order valence-electron chi connectivity index (χ2n) is 17.6. The quantitative estimate of drug-likeness (QED) is 0.0695. The molecule has 4 N–H and O–H groups in total. The van der Waals surface area contributed by atoms with Crippen LogP contribution in [-0.2, 0) is 9.59 Å². The van der Waals surface area contributed by atoms with Crippen LogP contribution in [0.25, 0.3) is 0 Å². The minimum atomic E-state index is -0.250. The maximum Gasteiger partial charge on any atom is 0.220 e. The van der Waals surface area contributed by atoms with Gasteiger partial charge in [-0.3, -0.25) is 9.59 Å². The summed E-state index contributed by atoms with van der Waals surface area (Å²) in [4.78, 5) is 25.0. The number of carbonyl (C=O) groups excluding carboxylic acids is 2. The highest BCUT2D eigenvalue weighted by atomic mass is 16.3. The molecule has 4 rings (SSSR count). The zero-order valence-electron chi connectivity index (χ0n) is 34.4. The predicted octanol–water partition coefficient (Wildman–Crippen LogP) is 10.1. The van der Waals surface area contributed by atoms with E-state index in [-0.39, 0.29) is 34.9 Å². The molecule has 54 heavy (non-hydrogen) atoms. The number of fused-ring (bicyclic) bond motifs is 5. The van der Waals surface area contributed by atoms with Crippen molar-refractivity contribution in [2.45, 2.75) is 155 Å². The van der Waals surface area contributed by atoms with Gasteiger partial charge in [0.1, 0.15) is 0 Å². The summed E-state index contributed by atoms with van der Waals surface area (Å²) in [6, 6.07) is 0. The number of allylic oxidation sites excluding steroid dienone is 12. The third kappa shape index (κ3) is 12.7. The summed E-state index contributed by atoms with van der Waals surface area (Å²) in [5.41, 5.74) is 0.477. The number of carbonyl (C=O) groups is 2. The number of rotatable bonds is 21. The number of hydrogen-bond donors (Lipinski definition) is 4. The normalized spacial score (nSPS) is 33.3. The van der Waals surface area contributed by atoms with Crippen LogP contribution in [-0.4, -0.2) is 47.3 Å². The molecule has 1 unspecified atom stereocenters. The van der Waals surface area contributed by atoms with E-state index in [1.807, 2.05) is 0 Å². The van der Waals surface area contributed by atoms with Crippen LogP contribution >= 0.6 is 0 Å². The Bertz CT molecular complexity index is 1330.